The van der Waals surface area contributed by atoms with Crippen molar-refractivity contribution in [3.63, 3.8) is 0 Å². The van der Waals surface area contributed by atoms with Crippen molar-refractivity contribution in [1.82, 2.24) is 9.80 Å². The zero-order chi connectivity index (χ0) is 25.2. The Morgan fingerprint density at radius 1 is 1.31 bits per heavy atom. The molecule has 2 N–H and O–H groups in total. The molecule has 0 unspecified atom stereocenters. The van der Waals surface area contributed by atoms with Gasteiger partial charge >= 0.3 is 6.36 Å². The molecule has 2 aromatic carbocycles. The predicted octanol–water partition coefficient (Wildman–Crippen LogP) is 3.44. The number of carbonyl (C=O) groups excluding carboxylic acids is 2. The topological polar surface area (TPSA) is 82.1 Å². The van der Waals surface area contributed by atoms with Crippen molar-refractivity contribution in [3.8, 4) is 5.75 Å². The van der Waals surface area contributed by atoms with Crippen LogP contribution >= 0.6 is 11.8 Å². The quantitative estimate of drug-likeness (QED) is 0.595. The molecule has 35 heavy (non-hydrogen) atoms. The number of halogens is 3. The number of anilines is 1. The van der Waals surface area contributed by atoms with Gasteiger partial charge in [-0.15, -0.1) is 24.9 Å². The van der Waals surface area contributed by atoms with Gasteiger partial charge in [-0.3, -0.25) is 14.5 Å². The number of benzene rings is 2. The third-order valence-corrected chi connectivity index (χ3v) is 7.12. The number of likely N-dealkylation sites (tertiary alicyclic amines) is 1. The van der Waals surface area contributed by atoms with E-state index >= 15 is 0 Å². The van der Waals surface area contributed by atoms with Gasteiger partial charge in [0.2, 0.25) is 11.8 Å². The Morgan fingerprint density at radius 2 is 2.11 bits per heavy atom. The van der Waals surface area contributed by atoms with Crippen molar-refractivity contribution in [1.29, 1.82) is 0 Å². The van der Waals surface area contributed by atoms with Crippen LogP contribution in [0.5, 0.6) is 5.75 Å². The number of nitrogens with zero attached hydrogens (tertiary/aromatic N) is 2. The summed E-state index contributed by atoms with van der Waals surface area (Å²) in [5, 5.41) is 12.7. The Hall–Kier alpha value is -2.76. The molecular formula is C24H26F3N3O4S. The molecule has 0 bridgehead atoms. The fraction of sp³-hybridized carbons (Fsp3) is 0.417. The summed E-state index contributed by atoms with van der Waals surface area (Å²) < 4.78 is 42.4. The van der Waals surface area contributed by atoms with Gasteiger partial charge in [-0.2, -0.15) is 0 Å². The van der Waals surface area contributed by atoms with E-state index in [4.69, 9.17) is 0 Å². The predicted molar refractivity (Wildman–Crippen MR) is 125 cm³/mol. The molecule has 2 aliphatic heterocycles. The first-order chi connectivity index (χ1) is 16.6. The average Bonchev–Trinajstić information content (AvgIpc) is 3.20. The lowest BCUT2D eigenvalue weighted by molar-refractivity contribution is -0.274. The molecule has 1 saturated heterocycles. The molecule has 1 fully saturated rings. The Bertz CT molecular complexity index is 1100. The summed E-state index contributed by atoms with van der Waals surface area (Å²) in [6.07, 6.45) is -4.64. The van der Waals surface area contributed by atoms with E-state index < -0.39 is 18.5 Å². The Balaban J connectivity index is 1.54. The van der Waals surface area contributed by atoms with Crippen LogP contribution < -0.4 is 10.1 Å². The SMILES string of the molecule is CN(C(=O)Cc1ccc2c(c1)NC(=O)CS2)[C@H](CN1CC[C@H](O)C1)c1cccc(OC(F)(F)F)c1. The van der Waals surface area contributed by atoms with Crippen molar-refractivity contribution in [2.45, 2.75) is 36.2 Å². The van der Waals surface area contributed by atoms with Crippen LogP contribution in [0, 0.1) is 0 Å². The first-order valence-electron chi connectivity index (χ1n) is 11.1. The number of rotatable bonds is 7. The number of hydrogen-bond donors (Lipinski definition) is 2. The lowest BCUT2D eigenvalue weighted by Crippen LogP contribution is -2.39. The molecule has 2 aliphatic rings. The standard InChI is InChI=1S/C24H26F3N3O4S/c1-29(23(33)10-15-5-6-21-19(9-15)28-22(32)14-35-21)20(13-30-8-7-17(31)12-30)16-3-2-4-18(11-16)34-24(25,26)27/h2-6,9,11,17,20,31H,7-8,10,12-14H2,1H3,(H,28,32)/t17-,20+/m0/s1. The molecule has 0 aliphatic carbocycles. The maximum absolute atomic E-state index is 13.3. The molecule has 2 aromatic rings. The van der Waals surface area contributed by atoms with Crippen molar-refractivity contribution in [3.05, 3.63) is 53.6 Å². The molecule has 2 atom stereocenters. The number of aliphatic hydroxyl groups is 1. The lowest BCUT2D eigenvalue weighted by atomic mass is 10.0. The molecule has 0 saturated carbocycles. The van der Waals surface area contributed by atoms with Gasteiger partial charge in [0.15, 0.2) is 0 Å². The van der Waals surface area contributed by atoms with Crippen LogP contribution in [0.15, 0.2) is 47.4 Å². The molecule has 7 nitrogen and oxygen atoms in total. The molecule has 2 heterocycles. The monoisotopic (exact) mass is 509 g/mol. The van der Waals surface area contributed by atoms with Crippen molar-refractivity contribution in [2.75, 3.05) is 37.8 Å². The summed E-state index contributed by atoms with van der Waals surface area (Å²) in [6, 6.07) is 10.5. The number of carbonyl (C=O) groups is 2. The molecule has 11 heteroatoms. The molecular weight excluding hydrogens is 483 g/mol. The number of aliphatic hydroxyl groups excluding tert-OH is 1. The fourth-order valence-electron chi connectivity index (χ4n) is 4.31. The largest absolute Gasteiger partial charge is 0.573 e. The Morgan fingerprint density at radius 3 is 2.83 bits per heavy atom. The average molecular weight is 510 g/mol. The summed E-state index contributed by atoms with van der Waals surface area (Å²) in [7, 11) is 1.62. The van der Waals surface area contributed by atoms with Crippen molar-refractivity contribution >= 4 is 29.3 Å². The summed E-state index contributed by atoms with van der Waals surface area (Å²) in [5.74, 6) is -0.341. The minimum absolute atomic E-state index is 0.0577. The van der Waals surface area contributed by atoms with Crippen LogP contribution in [-0.2, 0) is 16.0 Å². The van der Waals surface area contributed by atoms with Crippen molar-refractivity contribution < 1.29 is 32.6 Å². The lowest BCUT2D eigenvalue weighted by Gasteiger charge is -2.32. The summed E-state index contributed by atoms with van der Waals surface area (Å²) in [6.45, 7) is 1.41. The third-order valence-electron chi connectivity index (χ3n) is 6.05. The molecule has 188 valence electrons. The number of nitrogens with one attached hydrogen (secondary N) is 1. The maximum atomic E-state index is 13.3. The van der Waals surface area contributed by atoms with Gasteiger partial charge in [-0.05, 0) is 41.8 Å². The summed E-state index contributed by atoms with van der Waals surface area (Å²) in [4.78, 5) is 29.4. The highest BCUT2D eigenvalue weighted by molar-refractivity contribution is 8.00. The van der Waals surface area contributed by atoms with E-state index in [0.29, 0.717) is 48.6 Å². The van der Waals surface area contributed by atoms with Crippen LogP contribution in [0.4, 0.5) is 18.9 Å². The van der Waals surface area contributed by atoms with Crippen LogP contribution in [-0.4, -0.2) is 71.6 Å². The number of thioether (sulfide) groups is 1. The van der Waals surface area contributed by atoms with E-state index in [1.54, 1.807) is 19.2 Å². The van der Waals surface area contributed by atoms with E-state index in [9.17, 15) is 27.9 Å². The third kappa shape index (κ3) is 6.68. The minimum atomic E-state index is -4.82. The second kappa shape index (κ2) is 10.5. The first-order valence-corrected chi connectivity index (χ1v) is 12.1. The minimum Gasteiger partial charge on any atom is -0.406 e. The zero-order valence-corrected chi connectivity index (χ0v) is 19.9. The first kappa shape index (κ1) is 25.3. The van der Waals surface area contributed by atoms with E-state index in [0.717, 1.165) is 4.90 Å². The van der Waals surface area contributed by atoms with Crippen molar-refractivity contribution in [2.24, 2.45) is 0 Å². The fourth-order valence-corrected chi connectivity index (χ4v) is 5.09. The molecule has 0 radical (unpaired) electrons. The van der Waals surface area contributed by atoms with Gasteiger partial charge in [0.05, 0.1) is 30.0 Å². The molecule has 2 amide bonds. The van der Waals surface area contributed by atoms with E-state index in [2.05, 4.69) is 10.1 Å². The van der Waals surface area contributed by atoms with Gasteiger partial charge in [-0.1, -0.05) is 18.2 Å². The summed E-state index contributed by atoms with van der Waals surface area (Å²) in [5.41, 5.74) is 1.88. The second-order valence-electron chi connectivity index (χ2n) is 8.69. The van der Waals surface area contributed by atoms with Crippen LogP contribution in [0.1, 0.15) is 23.6 Å². The maximum Gasteiger partial charge on any atom is 0.573 e. The number of likely N-dealkylation sites (N-methyl/N-ethyl adjacent to an activating group) is 1. The van der Waals surface area contributed by atoms with Crippen LogP contribution in [0.25, 0.3) is 0 Å². The smallest absolute Gasteiger partial charge is 0.406 e. The van der Waals surface area contributed by atoms with Gasteiger partial charge in [0.1, 0.15) is 5.75 Å². The normalized spacial score (nSPS) is 19.1. The van der Waals surface area contributed by atoms with E-state index in [1.807, 2.05) is 17.0 Å². The number of β-amino-alcohol motifs (C(OH)–C–C–N with tert-alkyl or cyclic N) is 1. The number of alkyl halides is 3. The highest BCUT2D eigenvalue weighted by Crippen LogP contribution is 2.33. The number of hydrogen-bond acceptors (Lipinski definition) is 6. The van der Waals surface area contributed by atoms with Gasteiger partial charge in [0.25, 0.3) is 0 Å². The molecule has 4 rings (SSSR count). The van der Waals surface area contributed by atoms with Gasteiger partial charge in [0, 0.05) is 31.6 Å². The number of fused-ring (bicyclic) bond motifs is 1. The number of ether oxygens (including phenoxy) is 1. The summed E-state index contributed by atoms with van der Waals surface area (Å²) >= 11 is 1.43. The van der Waals surface area contributed by atoms with Gasteiger partial charge < -0.3 is 20.1 Å². The second-order valence-corrected chi connectivity index (χ2v) is 9.70. The Kier molecular flexibility index (Phi) is 7.58. The van der Waals surface area contributed by atoms with E-state index in [-0.39, 0.29) is 24.0 Å². The van der Waals surface area contributed by atoms with E-state index in [1.165, 1.54) is 34.9 Å². The highest BCUT2D eigenvalue weighted by Gasteiger charge is 2.32. The highest BCUT2D eigenvalue weighted by atomic mass is 32.2. The number of amides is 2. The van der Waals surface area contributed by atoms with Crippen LogP contribution in [0.3, 0.4) is 0 Å². The molecule has 0 aromatic heterocycles. The van der Waals surface area contributed by atoms with Crippen LogP contribution in [0.2, 0.25) is 0 Å². The zero-order valence-electron chi connectivity index (χ0n) is 19.0. The van der Waals surface area contributed by atoms with Gasteiger partial charge in [-0.25, -0.2) is 0 Å². The Labute approximate surface area is 205 Å². The molecule has 0 spiro atoms.